The summed E-state index contributed by atoms with van der Waals surface area (Å²) in [5, 5.41) is 0. The van der Waals surface area contributed by atoms with Crippen LogP contribution in [0.3, 0.4) is 0 Å². The topological polar surface area (TPSA) is 51.2 Å². The standard InChI is InChI=1S/C14H18O3S/c1-10(2)13-9-14(13,11(3)15)18(16,17)12-7-5-4-6-8-12/h4-8,10,13H,9H2,1-3H3. The summed E-state index contributed by atoms with van der Waals surface area (Å²) in [6, 6.07) is 8.28. The molecule has 1 aliphatic carbocycles. The van der Waals surface area contributed by atoms with Crippen LogP contribution in [0.15, 0.2) is 35.2 Å². The van der Waals surface area contributed by atoms with Gasteiger partial charge in [-0.1, -0.05) is 32.0 Å². The molecule has 3 nitrogen and oxygen atoms in total. The lowest BCUT2D eigenvalue weighted by molar-refractivity contribution is -0.117. The summed E-state index contributed by atoms with van der Waals surface area (Å²) in [5.41, 5.74) is 0. The van der Waals surface area contributed by atoms with Crippen molar-refractivity contribution in [3.05, 3.63) is 30.3 Å². The zero-order chi connectivity index (χ0) is 13.6. The van der Waals surface area contributed by atoms with E-state index in [-0.39, 0.29) is 22.5 Å². The summed E-state index contributed by atoms with van der Waals surface area (Å²) in [4.78, 5) is 12.1. The maximum absolute atomic E-state index is 12.7. The fourth-order valence-electron chi connectivity index (χ4n) is 2.75. The second-order valence-electron chi connectivity index (χ2n) is 5.32. The van der Waals surface area contributed by atoms with E-state index in [1.807, 2.05) is 13.8 Å². The molecule has 98 valence electrons. The molecule has 0 aromatic heterocycles. The van der Waals surface area contributed by atoms with Gasteiger partial charge < -0.3 is 0 Å². The number of carbonyl (C=O) groups excluding carboxylic acids is 1. The third kappa shape index (κ3) is 1.70. The van der Waals surface area contributed by atoms with Gasteiger partial charge in [-0.05, 0) is 37.3 Å². The second-order valence-corrected chi connectivity index (χ2v) is 7.52. The summed E-state index contributed by atoms with van der Waals surface area (Å²) in [6.07, 6.45) is 0.456. The van der Waals surface area contributed by atoms with Crippen LogP contribution in [-0.2, 0) is 14.6 Å². The predicted molar refractivity (Wildman–Crippen MR) is 70.0 cm³/mol. The zero-order valence-electron chi connectivity index (χ0n) is 10.9. The molecule has 0 bridgehead atoms. The lowest BCUT2D eigenvalue weighted by atomic mass is 10.1. The number of Topliss-reactive ketones (excluding diaryl/α,β-unsaturated/α-hetero) is 1. The first-order valence-electron chi connectivity index (χ1n) is 6.14. The molecule has 1 fully saturated rings. The van der Waals surface area contributed by atoms with Gasteiger partial charge in [0.1, 0.15) is 4.75 Å². The van der Waals surface area contributed by atoms with E-state index in [9.17, 15) is 13.2 Å². The number of sulfone groups is 1. The molecule has 0 saturated heterocycles. The first kappa shape index (κ1) is 13.3. The molecule has 2 unspecified atom stereocenters. The largest absolute Gasteiger partial charge is 0.298 e. The molecular formula is C14H18O3S. The van der Waals surface area contributed by atoms with Gasteiger partial charge in [-0.25, -0.2) is 8.42 Å². The minimum atomic E-state index is -3.57. The second kappa shape index (κ2) is 4.19. The van der Waals surface area contributed by atoms with Crippen LogP contribution >= 0.6 is 0 Å². The summed E-state index contributed by atoms with van der Waals surface area (Å²) in [7, 11) is -3.57. The summed E-state index contributed by atoms with van der Waals surface area (Å²) in [6.45, 7) is 5.33. The van der Waals surface area contributed by atoms with Gasteiger partial charge in [0.2, 0.25) is 0 Å². The van der Waals surface area contributed by atoms with Gasteiger partial charge >= 0.3 is 0 Å². The molecule has 1 saturated carbocycles. The highest BCUT2D eigenvalue weighted by Gasteiger charge is 2.67. The molecular weight excluding hydrogens is 248 g/mol. The van der Waals surface area contributed by atoms with Crippen molar-refractivity contribution in [1.82, 2.24) is 0 Å². The van der Waals surface area contributed by atoms with Gasteiger partial charge in [-0.2, -0.15) is 0 Å². The van der Waals surface area contributed by atoms with Crippen molar-refractivity contribution in [2.24, 2.45) is 11.8 Å². The van der Waals surface area contributed by atoms with Gasteiger partial charge in [-0.15, -0.1) is 0 Å². The van der Waals surface area contributed by atoms with Crippen LogP contribution in [0.25, 0.3) is 0 Å². The highest BCUT2D eigenvalue weighted by molar-refractivity contribution is 7.94. The Morgan fingerprint density at radius 1 is 1.28 bits per heavy atom. The quantitative estimate of drug-likeness (QED) is 0.841. The van der Waals surface area contributed by atoms with Crippen LogP contribution in [0.1, 0.15) is 27.2 Å². The fourth-order valence-corrected chi connectivity index (χ4v) is 5.14. The van der Waals surface area contributed by atoms with Crippen molar-refractivity contribution in [3.63, 3.8) is 0 Å². The Morgan fingerprint density at radius 2 is 1.83 bits per heavy atom. The van der Waals surface area contributed by atoms with E-state index in [1.54, 1.807) is 30.3 Å². The summed E-state index contributed by atoms with van der Waals surface area (Å²) >= 11 is 0. The zero-order valence-corrected chi connectivity index (χ0v) is 11.7. The molecule has 0 radical (unpaired) electrons. The van der Waals surface area contributed by atoms with E-state index in [0.29, 0.717) is 6.42 Å². The smallest absolute Gasteiger partial charge is 0.191 e. The number of rotatable bonds is 4. The van der Waals surface area contributed by atoms with Crippen LogP contribution in [0, 0.1) is 11.8 Å². The minimum absolute atomic E-state index is 0.0554. The van der Waals surface area contributed by atoms with Gasteiger partial charge in [0.05, 0.1) is 4.90 Å². The van der Waals surface area contributed by atoms with Crippen molar-refractivity contribution in [1.29, 1.82) is 0 Å². The van der Waals surface area contributed by atoms with Crippen molar-refractivity contribution >= 4 is 15.6 Å². The van der Waals surface area contributed by atoms with Crippen molar-refractivity contribution in [3.8, 4) is 0 Å². The van der Waals surface area contributed by atoms with E-state index in [1.165, 1.54) is 6.92 Å². The van der Waals surface area contributed by atoms with Crippen LogP contribution in [0.2, 0.25) is 0 Å². The highest BCUT2D eigenvalue weighted by Crippen LogP contribution is 2.56. The van der Waals surface area contributed by atoms with E-state index >= 15 is 0 Å². The Kier molecular flexibility index (Phi) is 3.09. The maximum Gasteiger partial charge on any atom is 0.191 e. The van der Waals surface area contributed by atoms with E-state index in [2.05, 4.69) is 0 Å². The van der Waals surface area contributed by atoms with Gasteiger partial charge in [0.25, 0.3) is 0 Å². The van der Waals surface area contributed by atoms with Crippen LogP contribution < -0.4 is 0 Å². The molecule has 4 heteroatoms. The van der Waals surface area contributed by atoms with Crippen molar-refractivity contribution in [2.45, 2.75) is 36.8 Å². The van der Waals surface area contributed by atoms with Crippen LogP contribution in [0.5, 0.6) is 0 Å². The normalized spacial score (nSPS) is 27.2. The summed E-state index contributed by atoms with van der Waals surface area (Å²) in [5.74, 6) is -0.0855. The lowest BCUT2D eigenvalue weighted by Gasteiger charge is -2.17. The predicted octanol–water partition coefficient (Wildman–Crippen LogP) is 2.46. The number of benzene rings is 1. The molecule has 1 aliphatic rings. The monoisotopic (exact) mass is 266 g/mol. The Bertz CT molecular complexity index is 560. The van der Waals surface area contributed by atoms with Crippen LogP contribution in [0.4, 0.5) is 0 Å². The van der Waals surface area contributed by atoms with E-state index in [0.717, 1.165) is 0 Å². The number of hydrogen-bond acceptors (Lipinski definition) is 3. The van der Waals surface area contributed by atoms with Gasteiger partial charge in [0.15, 0.2) is 15.6 Å². The number of carbonyl (C=O) groups is 1. The van der Waals surface area contributed by atoms with Crippen LogP contribution in [-0.4, -0.2) is 18.9 Å². The first-order valence-corrected chi connectivity index (χ1v) is 7.63. The molecule has 18 heavy (non-hydrogen) atoms. The van der Waals surface area contributed by atoms with Crippen molar-refractivity contribution in [2.75, 3.05) is 0 Å². The van der Waals surface area contributed by atoms with Gasteiger partial charge in [-0.3, -0.25) is 4.79 Å². The van der Waals surface area contributed by atoms with E-state index in [4.69, 9.17) is 0 Å². The SMILES string of the molecule is CC(=O)C1(S(=O)(=O)c2ccccc2)CC1C(C)C. The van der Waals surface area contributed by atoms with Gasteiger partial charge in [0, 0.05) is 0 Å². The minimum Gasteiger partial charge on any atom is -0.298 e. The number of hydrogen-bond donors (Lipinski definition) is 0. The molecule has 0 amide bonds. The molecule has 2 rings (SSSR count). The van der Waals surface area contributed by atoms with E-state index < -0.39 is 14.6 Å². The third-order valence-electron chi connectivity index (χ3n) is 3.90. The molecule has 1 aromatic carbocycles. The van der Waals surface area contributed by atoms with Crippen molar-refractivity contribution < 1.29 is 13.2 Å². The molecule has 0 N–H and O–H groups in total. The molecule has 0 aliphatic heterocycles. The summed E-state index contributed by atoms with van der Waals surface area (Å²) < 4.78 is 24.1. The molecule has 0 heterocycles. The molecule has 1 aromatic rings. The maximum atomic E-state index is 12.7. The average Bonchev–Trinajstić information content (AvgIpc) is 3.07. The Hall–Kier alpha value is -1.16. The third-order valence-corrected chi connectivity index (χ3v) is 6.50. The average molecular weight is 266 g/mol. The molecule has 2 atom stereocenters. The Labute approximate surface area is 108 Å². The number of ketones is 1. The Morgan fingerprint density at radius 3 is 2.22 bits per heavy atom. The molecule has 0 spiro atoms. The fraction of sp³-hybridized carbons (Fsp3) is 0.500. The highest BCUT2D eigenvalue weighted by atomic mass is 32.2. The lowest BCUT2D eigenvalue weighted by Crippen LogP contribution is -2.34. The first-order chi connectivity index (χ1) is 8.34. The Balaban J connectivity index is 2.50.